The van der Waals surface area contributed by atoms with Gasteiger partial charge in [-0.05, 0) is 79.7 Å². The number of anilines is 3. The molecule has 0 heterocycles. The minimum Gasteiger partial charge on any atom is -0.457 e. The molecular formula is C25H23N3O3. The average molecular weight is 413 g/mol. The predicted octanol–water partition coefficient (Wildman–Crippen LogP) is 6.12. The molecule has 0 aliphatic rings. The van der Waals surface area contributed by atoms with Crippen LogP contribution in [0.3, 0.4) is 0 Å². The molecule has 0 aromatic heterocycles. The lowest BCUT2D eigenvalue weighted by molar-refractivity contribution is 0.435. The quantitative estimate of drug-likeness (QED) is 0.329. The molecule has 0 saturated heterocycles. The van der Waals surface area contributed by atoms with E-state index in [0.717, 1.165) is 5.56 Å². The Labute approximate surface area is 180 Å². The number of hydrogen-bond acceptors (Lipinski definition) is 6. The fraction of sp³-hybridized carbons (Fsp3) is 0.0400. The van der Waals surface area contributed by atoms with Crippen LogP contribution in [0.25, 0.3) is 0 Å². The molecule has 0 radical (unpaired) electrons. The Morgan fingerprint density at radius 1 is 0.452 bits per heavy atom. The van der Waals surface area contributed by atoms with Crippen LogP contribution >= 0.6 is 0 Å². The Morgan fingerprint density at radius 2 is 0.774 bits per heavy atom. The minimum absolute atomic E-state index is 0.561. The van der Waals surface area contributed by atoms with Gasteiger partial charge in [-0.25, -0.2) is 0 Å². The average Bonchev–Trinajstić information content (AvgIpc) is 2.76. The van der Waals surface area contributed by atoms with Crippen LogP contribution < -0.4 is 31.4 Å². The molecule has 0 saturated carbocycles. The molecule has 0 amide bonds. The number of hydrogen-bond donors (Lipinski definition) is 3. The Kier molecular flexibility index (Phi) is 5.53. The zero-order chi connectivity index (χ0) is 21.8. The molecule has 156 valence electrons. The van der Waals surface area contributed by atoms with Crippen LogP contribution in [0.15, 0.2) is 84.9 Å². The summed E-state index contributed by atoms with van der Waals surface area (Å²) >= 11 is 0. The Balaban J connectivity index is 1.69. The van der Waals surface area contributed by atoms with Crippen molar-refractivity contribution in [3.63, 3.8) is 0 Å². The van der Waals surface area contributed by atoms with E-state index in [0.29, 0.717) is 51.6 Å². The molecule has 0 fully saturated rings. The lowest BCUT2D eigenvalue weighted by Crippen LogP contribution is -1.95. The zero-order valence-corrected chi connectivity index (χ0v) is 17.0. The summed E-state index contributed by atoms with van der Waals surface area (Å²) in [5.41, 5.74) is 20.1. The number of ether oxygens (including phenoxy) is 3. The van der Waals surface area contributed by atoms with Crippen LogP contribution in [0.4, 0.5) is 17.1 Å². The third kappa shape index (κ3) is 5.00. The molecule has 0 atom stereocenters. The highest BCUT2D eigenvalue weighted by atomic mass is 16.5. The van der Waals surface area contributed by atoms with Crippen molar-refractivity contribution in [3.05, 3.63) is 90.5 Å². The van der Waals surface area contributed by atoms with Crippen LogP contribution in [0.5, 0.6) is 34.5 Å². The van der Waals surface area contributed by atoms with E-state index in [1.54, 1.807) is 48.5 Å². The highest BCUT2D eigenvalue weighted by molar-refractivity contribution is 5.55. The van der Waals surface area contributed by atoms with Gasteiger partial charge in [0, 0.05) is 34.8 Å². The molecule has 0 bridgehead atoms. The summed E-state index contributed by atoms with van der Waals surface area (Å²) in [5, 5.41) is 0. The summed E-state index contributed by atoms with van der Waals surface area (Å²) < 4.78 is 18.2. The number of nitrogen functional groups attached to an aromatic ring is 3. The van der Waals surface area contributed by atoms with Gasteiger partial charge in [0.2, 0.25) is 0 Å². The van der Waals surface area contributed by atoms with Gasteiger partial charge < -0.3 is 31.4 Å². The fourth-order valence-corrected chi connectivity index (χ4v) is 2.91. The van der Waals surface area contributed by atoms with Crippen molar-refractivity contribution >= 4 is 17.1 Å². The topological polar surface area (TPSA) is 106 Å². The van der Waals surface area contributed by atoms with Gasteiger partial charge in [0.05, 0.1) is 0 Å². The summed E-state index contributed by atoms with van der Waals surface area (Å²) in [4.78, 5) is 0. The number of rotatable bonds is 6. The first-order valence-corrected chi connectivity index (χ1v) is 9.71. The van der Waals surface area contributed by atoms with Crippen molar-refractivity contribution in [1.29, 1.82) is 0 Å². The first kappa shape index (κ1) is 20.0. The van der Waals surface area contributed by atoms with E-state index in [1.807, 2.05) is 43.3 Å². The van der Waals surface area contributed by atoms with Crippen LogP contribution in [0, 0.1) is 6.92 Å². The summed E-state index contributed by atoms with van der Waals surface area (Å²) in [6.07, 6.45) is 0. The van der Waals surface area contributed by atoms with Crippen molar-refractivity contribution < 1.29 is 14.2 Å². The third-order valence-corrected chi connectivity index (χ3v) is 4.62. The van der Waals surface area contributed by atoms with Gasteiger partial charge in [0.1, 0.15) is 34.5 Å². The second-order valence-corrected chi connectivity index (χ2v) is 7.06. The van der Waals surface area contributed by atoms with E-state index in [4.69, 9.17) is 31.4 Å². The van der Waals surface area contributed by atoms with Gasteiger partial charge >= 0.3 is 0 Å². The Morgan fingerprint density at radius 3 is 1.13 bits per heavy atom. The van der Waals surface area contributed by atoms with E-state index >= 15 is 0 Å². The Hall–Kier alpha value is -4.32. The minimum atomic E-state index is 0.561. The van der Waals surface area contributed by atoms with E-state index in [-0.39, 0.29) is 0 Å². The lowest BCUT2D eigenvalue weighted by Gasteiger charge is -2.16. The van der Waals surface area contributed by atoms with Gasteiger partial charge in [-0.15, -0.1) is 0 Å². The van der Waals surface area contributed by atoms with Crippen LogP contribution in [0.2, 0.25) is 0 Å². The maximum absolute atomic E-state index is 6.10. The second-order valence-electron chi connectivity index (χ2n) is 7.06. The normalized spacial score (nSPS) is 10.5. The van der Waals surface area contributed by atoms with Gasteiger partial charge in [0.25, 0.3) is 0 Å². The fourth-order valence-electron chi connectivity index (χ4n) is 2.91. The second kappa shape index (κ2) is 8.59. The molecule has 0 spiro atoms. The maximum Gasteiger partial charge on any atom is 0.137 e. The summed E-state index contributed by atoms with van der Waals surface area (Å²) in [7, 11) is 0. The smallest absolute Gasteiger partial charge is 0.137 e. The largest absolute Gasteiger partial charge is 0.457 e. The lowest BCUT2D eigenvalue weighted by atomic mass is 10.2. The van der Waals surface area contributed by atoms with Crippen molar-refractivity contribution in [3.8, 4) is 34.5 Å². The van der Waals surface area contributed by atoms with E-state index in [9.17, 15) is 0 Å². The monoisotopic (exact) mass is 413 g/mol. The van der Waals surface area contributed by atoms with Crippen LogP contribution in [-0.2, 0) is 0 Å². The molecule has 6 heteroatoms. The molecule has 4 aromatic rings. The summed E-state index contributed by atoms with van der Waals surface area (Å²) in [6.45, 7) is 1.92. The van der Waals surface area contributed by atoms with E-state index < -0.39 is 0 Å². The molecule has 0 aliphatic carbocycles. The van der Waals surface area contributed by atoms with Gasteiger partial charge in [-0.2, -0.15) is 0 Å². The molecule has 6 N–H and O–H groups in total. The van der Waals surface area contributed by atoms with Gasteiger partial charge in [-0.3, -0.25) is 0 Å². The molecule has 4 aromatic carbocycles. The SMILES string of the molecule is Cc1c(Oc2ccc(N)cc2)cc(Oc2ccc(N)cc2)cc1Oc1ccc(N)cc1. The first-order valence-electron chi connectivity index (χ1n) is 9.71. The van der Waals surface area contributed by atoms with Crippen molar-refractivity contribution in [2.75, 3.05) is 17.2 Å². The van der Waals surface area contributed by atoms with Crippen molar-refractivity contribution in [1.82, 2.24) is 0 Å². The van der Waals surface area contributed by atoms with Gasteiger partial charge in [-0.1, -0.05) is 0 Å². The van der Waals surface area contributed by atoms with Crippen LogP contribution in [0.1, 0.15) is 5.56 Å². The molecule has 0 unspecified atom stereocenters. The van der Waals surface area contributed by atoms with Crippen LogP contribution in [-0.4, -0.2) is 0 Å². The van der Waals surface area contributed by atoms with Gasteiger partial charge in [0.15, 0.2) is 0 Å². The number of nitrogens with two attached hydrogens (primary N) is 3. The highest BCUT2D eigenvalue weighted by Gasteiger charge is 2.14. The third-order valence-electron chi connectivity index (χ3n) is 4.62. The maximum atomic E-state index is 6.10. The molecule has 4 rings (SSSR count). The highest BCUT2D eigenvalue weighted by Crippen LogP contribution is 2.39. The van der Waals surface area contributed by atoms with Crippen molar-refractivity contribution in [2.45, 2.75) is 6.92 Å². The van der Waals surface area contributed by atoms with Crippen molar-refractivity contribution in [2.24, 2.45) is 0 Å². The standard InChI is InChI=1S/C25H23N3O3/c1-16-24(30-21-10-4-18(27)5-11-21)14-23(29-20-8-2-17(26)3-9-20)15-25(16)31-22-12-6-19(28)7-13-22/h2-15H,26-28H2,1H3. The van der Waals surface area contributed by atoms with E-state index in [2.05, 4.69) is 0 Å². The zero-order valence-electron chi connectivity index (χ0n) is 17.0. The molecule has 6 nitrogen and oxygen atoms in total. The molecule has 31 heavy (non-hydrogen) atoms. The summed E-state index contributed by atoms with van der Waals surface area (Å²) in [6, 6.07) is 25.2. The molecular weight excluding hydrogens is 390 g/mol. The molecule has 0 aliphatic heterocycles. The first-order chi connectivity index (χ1) is 15.0. The van der Waals surface area contributed by atoms with E-state index in [1.165, 1.54) is 0 Å². The summed E-state index contributed by atoms with van der Waals surface area (Å²) in [5.74, 6) is 3.72. The number of benzene rings is 4. The predicted molar refractivity (Wildman–Crippen MR) is 124 cm³/mol. The Bertz CT molecular complexity index is 1100.